The highest BCUT2D eigenvalue weighted by Gasteiger charge is 2.10. The van der Waals surface area contributed by atoms with Crippen molar-refractivity contribution < 1.29 is 0 Å². The summed E-state index contributed by atoms with van der Waals surface area (Å²) in [6.45, 7) is 1.93. The summed E-state index contributed by atoms with van der Waals surface area (Å²) in [4.78, 5) is 1.21. The Bertz CT molecular complexity index is 856. The standard InChI is InChI=1S/C14H14N6S2/c1-9-7-12(17-16-9)13-18-19-14(21)20(13)15-8-10-3-5-11(22-2)6-4-10/h3-8H,1-2H3,(H,16,17)(H,19,21)/b15-8+. The Hall–Kier alpha value is -2.19. The molecule has 2 aromatic heterocycles. The number of hydrogen-bond acceptors (Lipinski definition) is 5. The molecule has 0 bridgehead atoms. The van der Waals surface area contributed by atoms with E-state index in [2.05, 4.69) is 37.6 Å². The first-order valence-electron chi connectivity index (χ1n) is 6.55. The summed E-state index contributed by atoms with van der Waals surface area (Å²) in [6.07, 6.45) is 3.80. The zero-order chi connectivity index (χ0) is 15.5. The van der Waals surface area contributed by atoms with Gasteiger partial charge in [-0.2, -0.15) is 20.0 Å². The van der Waals surface area contributed by atoms with E-state index in [9.17, 15) is 0 Å². The number of nitrogens with zero attached hydrogens (tertiary/aromatic N) is 4. The monoisotopic (exact) mass is 330 g/mol. The third-order valence-electron chi connectivity index (χ3n) is 3.02. The molecule has 0 aliphatic heterocycles. The van der Waals surface area contributed by atoms with Gasteiger partial charge in [-0.15, -0.1) is 11.8 Å². The van der Waals surface area contributed by atoms with Crippen molar-refractivity contribution in [2.45, 2.75) is 11.8 Å². The van der Waals surface area contributed by atoms with Gasteiger partial charge in [-0.1, -0.05) is 12.1 Å². The summed E-state index contributed by atoms with van der Waals surface area (Å²) < 4.78 is 1.99. The second-order valence-electron chi connectivity index (χ2n) is 4.62. The summed E-state index contributed by atoms with van der Waals surface area (Å²) in [5.41, 5.74) is 2.64. The van der Waals surface area contributed by atoms with Crippen molar-refractivity contribution in [3.63, 3.8) is 0 Å². The summed E-state index contributed by atoms with van der Waals surface area (Å²) in [5, 5.41) is 18.4. The Morgan fingerprint density at radius 2 is 2.00 bits per heavy atom. The van der Waals surface area contributed by atoms with Crippen LogP contribution in [0.2, 0.25) is 0 Å². The molecule has 2 N–H and O–H groups in total. The van der Waals surface area contributed by atoms with Gasteiger partial charge in [0.15, 0.2) is 0 Å². The van der Waals surface area contributed by atoms with Crippen LogP contribution in [-0.2, 0) is 0 Å². The molecular weight excluding hydrogens is 316 g/mol. The fourth-order valence-corrected chi connectivity index (χ4v) is 2.50. The molecule has 0 aliphatic rings. The van der Waals surface area contributed by atoms with Crippen LogP contribution in [0.25, 0.3) is 11.5 Å². The average molecular weight is 330 g/mol. The Balaban J connectivity index is 1.93. The maximum atomic E-state index is 5.22. The Morgan fingerprint density at radius 1 is 1.23 bits per heavy atom. The van der Waals surface area contributed by atoms with Gasteiger partial charge >= 0.3 is 0 Å². The zero-order valence-electron chi connectivity index (χ0n) is 12.1. The largest absolute Gasteiger partial charge is 0.282 e. The lowest BCUT2D eigenvalue weighted by Gasteiger charge is -1.98. The summed E-state index contributed by atoms with van der Waals surface area (Å²) in [5.74, 6) is 0.575. The molecular formula is C14H14N6S2. The zero-order valence-corrected chi connectivity index (χ0v) is 13.7. The van der Waals surface area contributed by atoms with Crippen LogP contribution >= 0.6 is 24.0 Å². The first-order chi connectivity index (χ1) is 10.7. The third kappa shape index (κ3) is 3.02. The predicted octanol–water partition coefficient (Wildman–Crippen LogP) is 3.24. The maximum absolute atomic E-state index is 5.22. The average Bonchev–Trinajstić information content (AvgIpc) is 3.11. The highest BCUT2D eigenvalue weighted by atomic mass is 32.2. The van der Waals surface area contributed by atoms with E-state index >= 15 is 0 Å². The first kappa shape index (κ1) is 14.7. The lowest BCUT2D eigenvalue weighted by molar-refractivity contribution is 0.865. The van der Waals surface area contributed by atoms with E-state index in [1.807, 2.05) is 31.4 Å². The number of benzene rings is 1. The minimum Gasteiger partial charge on any atom is -0.282 e. The van der Waals surface area contributed by atoms with Crippen LogP contribution < -0.4 is 0 Å². The third-order valence-corrected chi connectivity index (χ3v) is 4.03. The molecule has 2 heterocycles. The van der Waals surface area contributed by atoms with Crippen LogP contribution in [0.4, 0.5) is 0 Å². The molecule has 0 amide bonds. The van der Waals surface area contributed by atoms with Crippen molar-refractivity contribution in [3.05, 3.63) is 46.4 Å². The minimum atomic E-state index is 0.424. The summed E-state index contributed by atoms with van der Waals surface area (Å²) in [7, 11) is 0. The molecule has 3 rings (SSSR count). The fraction of sp³-hybridized carbons (Fsp3) is 0.143. The minimum absolute atomic E-state index is 0.424. The normalized spacial score (nSPS) is 11.4. The van der Waals surface area contributed by atoms with Crippen molar-refractivity contribution in [2.24, 2.45) is 5.10 Å². The molecule has 0 spiro atoms. The highest BCUT2D eigenvalue weighted by Crippen LogP contribution is 2.16. The van der Waals surface area contributed by atoms with Gasteiger partial charge < -0.3 is 0 Å². The molecule has 22 heavy (non-hydrogen) atoms. The number of hydrogen-bond donors (Lipinski definition) is 2. The van der Waals surface area contributed by atoms with Gasteiger partial charge in [-0.25, -0.2) is 5.10 Å². The Morgan fingerprint density at radius 3 is 2.64 bits per heavy atom. The number of H-pyrrole nitrogens is 2. The lowest BCUT2D eigenvalue weighted by Crippen LogP contribution is -1.95. The lowest BCUT2D eigenvalue weighted by atomic mass is 10.2. The van der Waals surface area contributed by atoms with Gasteiger partial charge in [0.1, 0.15) is 5.69 Å². The van der Waals surface area contributed by atoms with Crippen molar-refractivity contribution in [1.29, 1.82) is 0 Å². The molecule has 6 nitrogen and oxygen atoms in total. The van der Waals surface area contributed by atoms with Crippen molar-refractivity contribution >= 4 is 30.2 Å². The van der Waals surface area contributed by atoms with E-state index in [0.29, 0.717) is 16.3 Å². The Labute approximate surface area is 136 Å². The summed E-state index contributed by atoms with van der Waals surface area (Å²) in [6, 6.07) is 10.0. The number of aromatic amines is 2. The van der Waals surface area contributed by atoms with Gasteiger partial charge in [0.25, 0.3) is 0 Å². The van der Waals surface area contributed by atoms with E-state index in [1.165, 1.54) is 4.90 Å². The van der Waals surface area contributed by atoms with Crippen LogP contribution in [0.3, 0.4) is 0 Å². The SMILES string of the molecule is CSc1ccc(/C=N/n2c(-c3cc(C)[nH]n3)n[nH]c2=S)cc1. The molecule has 112 valence electrons. The predicted molar refractivity (Wildman–Crippen MR) is 90.9 cm³/mol. The quantitative estimate of drug-likeness (QED) is 0.437. The molecule has 3 aromatic rings. The molecule has 0 aliphatic carbocycles. The van der Waals surface area contributed by atoms with Crippen LogP contribution in [-0.4, -0.2) is 37.5 Å². The molecule has 0 saturated carbocycles. The second kappa shape index (κ2) is 6.29. The van der Waals surface area contributed by atoms with Gasteiger partial charge in [-0.3, -0.25) is 5.10 Å². The number of aryl methyl sites for hydroxylation is 1. The van der Waals surface area contributed by atoms with Gasteiger partial charge in [0.2, 0.25) is 10.6 Å². The maximum Gasteiger partial charge on any atom is 0.216 e. The van der Waals surface area contributed by atoms with E-state index in [0.717, 1.165) is 11.3 Å². The van der Waals surface area contributed by atoms with Crippen LogP contribution in [0, 0.1) is 11.7 Å². The smallest absolute Gasteiger partial charge is 0.216 e. The van der Waals surface area contributed by atoms with Gasteiger partial charge in [0.05, 0.1) is 6.21 Å². The number of aromatic nitrogens is 5. The van der Waals surface area contributed by atoms with Crippen LogP contribution in [0.1, 0.15) is 11.3 Å². The van der Waals surface area contributed by atoms with Crippen LogP contribution in [0.15, 0.2) is 40.3 Å². The van der Waals surface area contributed by atoms with E-state index in [1.54, 1.807) is 22.7 Å². The van der Waals surface area contributed by atoms with E-state index in [-0.39, 0.29) is 0 Å². The molecule has 1 aromatic carbocycles. The number of rotatable bonds is 4. The van der Waals surface area contributed by atoms with E-state index < -0.39 is 0 Å². The molecule has 8 heteroatoms. The van der Waals surface area contributed by atoms with Gasteiger partial charge in [-0.05, 0) is 49.2 Å². The van der Waals surface area contributed by atoms with Crippen molar-refractivity contribution in [2.75, 3.05) is 6.26 Å². The van der Waals surface area contributed by atoms with Crippen LogP contribution in [0.5, 0.6) is 0 Å². The van der Waals surface area contributed by atoms with Crippen molar-refractivity contribution in [1.82, 2.24) is 25.1 Å². The topological polar surface area (TPSA) is 74.7 Å². The van der Waals surface area contributed by atoms with Crippen molar-refractivity contribution in [3.8, 4) is 11.5 Å². The number of thioether (sulfide) groups is 1. The molecule has 0 unspecified atom stereocenters. The number of nitrogens with one attached hydrogen (secondary N) is 2. The summed E-state index contributed by atoms with van der Waals surface area (Å²) >= 11 is 6.93. The Kier molecular flexibility index (Phi) is 4.21. The first-order valence-corrected chi connectivity index (χ1v) is 8.19. The highest BCUT2D eigenvalue weighted by molar-refractivity contribution is 7.98. The fourth-order valence-electron chi connectivity index (χ4n) is 1.91. The van der Waals surface area contributed by atoms with E-state index in [4.69, 9.17) is 12.2 Å². The van der Waals surface area contributed by atoms with Gasteiger partial charge in [0, 0.05) is 10.6 Å². The molecule has 0 saturated heterocycles. The molecule has 0 radical (unpaired) electrons. The molecule has 0 atom stereocenters. The molecule has 0 fully saturated rings. The second-order valence-corrected chi connectivity index (χ2v) is 5.88.